The first-order chi connectivity index (χ1) is 13.1. The topological polar surface area (TPSA) is 65.4 Å². The van der Waals surface area contributed by atoms with Crippen LogP contribution >= 0.6 is 0 Å². The number of methoxy groups -OCH3 is 2. The number of hydrogen-bond acceptors (Lipinski definition) is 4. The lowest BCUT2D eigenvalue weighted by molar-refractivity contribution is -0.119. The van der Waals surface area contributed by atoms with E-state index in [1.54, 1.807) is 30.1 Å². The second kappa shape index (κ2) is 7.90. The van der Waals surface area contributed by atoms with Gasteiger partial charge in [0.1, 0.15) is 11.6 Å². The minimum atomic E-state index is -0.471. The van der Waals surface area contributed by atoms with Crippen molar-refractivity contribution in [1.82, 2.24) is 14.9 Å². The fourth-order valence-corrected chi connectivity index (χ4v) is 2.83. The SMILES string of the molecule is CNC(=O)Cc1cccc(-n2ccnc2-c2cc(OC)c(OC)cc2F)c1. The fraction of sp³-hybridized carbons (Fsp3) is 0.200. The van der Waals surface area contributed by atoms with E-state index in [0.717, 1.165) is 11.3 Å². The second-order valence-corrected chi connectivity index (χ2v) is 5.83. The smallest absolute Gasteiger partial charge is 0.224 e. The highest BCUT2D eigenvalue weighted by atomic mass is 19.1. The van der Waals surface area contributed by atoms with E-state index in [0.29, 0.717) is 17.3 Å². The maximum atomic E-state index is 14.7. The number of nitrogens with zero attached hydrogens (tertiary/aromatic N) is 2. The number of imidazole rings is 1. The molecule has 3 rings (SSSR count). The molecule has 0 aliphatic rings. The molecule has 0 aliphatic heterocycles. The van der Waals surface area contributed by atoms with Gasteiger partial charge in [-0.1, -0.05) is 12.1 Å². The summed E-state index contributed by atoms with van der Waals surface area (Å²) in [6, 6.07) is 10.3. The maximum absolute atomic E-state index is 14.7. The van der Waals surface area contributed by atoms with Crippen LogP contribution in [0.5, 0.6) is 11.5 Å². The number of amides is 1. The predicted octanol–water partition coefficient (Wildman–Crippen LogP) is 2.98. The largest absolute Gasteiger partial charge is 0.493 e. The summed E-state index contributed by atoms with van der Waals surface area (Å²) in [7, 11) is 4.55. The zero-order valence-corrected chi connectivity index (χ0v) is 15.3. The monoisotopic (exact) mass is 369 g/mol. The number of nitrogens with one attached hydrogen (secondary N) is 1. The molecule has 1 N–H and O–H groups in total. The van der Waals surface area contributed by atoms with Gasteiger partial charge in [-0.3, -0.25) is 9.36 Å². The van der Waals surface area contributed by atoms with Crippen molar-refractivity contribution < 1.29 is 18.7 Å². The normalized spacial score (nSPS) is 10.5. The third-order valence-corrected chi connectivity index (χ3v) is 4.19. The molecule has 0 saturated carbocycles. The van der Waals surface area contributed by atoms with Crippen LogP contribution in [0.2, 0.25) is 0 Å². The molecule has 2 aromatic carbocycles. The predicted molar refractivity (Wildman–Crippen MR) is 99.8 cm³/mol. The molecular weight excluding hydrogens is 349 g/mol. The molecule has 140 valence electrons. The van der Waals surface area contributed by atoms with Gasteiger partial charge in [0.05, 0.1) is 26.2 Å². The van der Waals surface area contributed by atoms with Crippen molar-refractivity contribution in [2.75, 3.05) is 21.3 Å². The minimum Gasteiger partial charge on any atom is -0.493 e. The number of carbonyl (C=O) groups is 1. The maximum Gasteiger partial charge on any atom is 0.224 e. The summed E-state index contributed by atoms with van der Waals surface area (Å²) in [5.74, 6) is 0.595. The molecule has 1 heterocycles. The molecule has 0 radical (unpaired) electrons. The van der Waals surface area contributed by atoms with E-state index in [1.165, 1.54) is 20.3 Å². The van der Waals surface area contributed by atoms with Gasteiger partial charge in [0.2, 0.25) is 5.91 Å². The van der Waals surface area contributed by atoms with Gasteiger partial charge in [0.25, 0.3) is 0 Å². The molecule has 27 heavy (non-hydrogen) atoms. The summed E-state index contributed by atoms with van der Waals surface area (Å²) in [4.78, 5) is 15.9. The zero-order valence-electron chi connectivity index (χ0n) is 15.3. The van der Waals surface area contributed by atoms with Crippen molar-refractivity contribution in [3.05, 3.63) is 60.2 Å². The van der Waals surface area contributed by atoms with Crippen LogP contribution in [0.25, 0.3) is 17.1 Å². The minimum absolute atomic E-state index is 0.0797. The van der Waals surface area contributed by atoms with Crippen LogP contribution in [0.3, 0.4) is 0 Å². The Hall–Kier alpha value is -3.35. The Morgan fingerprint density at radius 3 is 2.63 bits per heavy atom. The van der Waals surface area contributed by atoms with E-state index < -0.39 is 5.82 Å². The lowest BCUT2D eigenvalue weighted by Gasteiger charge is -2.13. The Labute approximate surface area is 156 Å². The quantitative estimate of drug-likeness (QED) is 0.726. The zero-order chi connectivity index (χ0) is 19.4. The van der Waals surface area contributed by atoms with Gasteiger partial charge in [-0.15, -0.1) is 0 Å². The first kappa shape index (κ1) is 18.4. The first-order valence-corrected chi connectivity index (χ1v) is 8.32. The Morgan fingerprint density at radius 1 is 1.19 bits per heavy atom. The summed E-state index contributed by atoms with van der Waals surface area (Å²) in [6.07, 6.45) is 3.60. The van der Waals surface area contributed by atoms with Crippen molar-refractivity contribution in [2.24, 2.45) is 0 Å². The van der Waals surface area contributed by atoms with E-state index in [9.17, 15) is 9.18 Å². The van der Waals surface area contributed by atoms with E-state index in [-0.39, 0.29) is 17.9 Å². The number of halogens is 1. The fourth-order valence-electron chi connectivity index (χ4n) is 2.83. The standard InChI is InChI=1S/C20H20FN3O3/c1-22-19(25)10-13-5-4-6-14(9-13)24-8-7-23-20(24)15-11-17(26-2)18(27-3)12-16(15)21/h4-9,11-12H,10H2,1-3H3,(H,22,25). The number of aromatic nitrogens is 2. The highest BCUT2D eigenvalue weighted by molar-refractivity contribution is 5.78. The average Bonchev–Trinajstić information content (AvgIpc) is 3.17. The third kappa shape index (κ3) is 3.76. The van der Waals surface area contributed by atoms with Crippen LogP contribution in [-0.2, 0) is 11.2 Å². The van der Waals surface area contributed by atoms with E-state index in [4.69, 9.17) is 9.47 Å². The summed E-state index contributed by atoms with van der Waals surface area (Å²) in [6.45, 7) is 0. The highest BCUT2D eigenvalue weighted by Gasteiger charge is 2.17. The second-order valence-electron chi connectivity index (χ2n) is 5.83. The molecule has 0 unspecified atom stereocenters. The van der Waals surface area contributed by atoms with E-state index in [1.807, 2.05) is 24.3 Å². The molecule has 0 fully saturated rings. The highest BCUT2D eigenvalue weighted by Crippen LogP contribution is 2.35. The Morgan fingerprint density at radius 2 is 1.93 bits per heavy atom. The summed E-state index contributed by atoms with van der Waals surface area (Å²) in [5.41, 5.74) is 1.91. The lowest BCUT2D eigenvalue weighted by Crippen LogP contribution is -2.19. The van der Waals surface area contributed by atoms with Crippen LogP contribution in [-0.4, -0.2) is 36.7 Å². The number of benzene rings is 2. The molecule has 3 aromatic rings. The van der Waals surface area contributed by atoms with Crippen LogP contribution in [0.4, 0.5) is 4.39 Å². The van der Waals surface area contributed by atoms with Crippen molar-refractivity contribution in [3.63, 3.8) is 0 Å². The van der Waals surface area contributed by atoms with Gasteiger partial charge < -0.3 is 14.8 Å². The van der Waals surface area contributed by atoms with Crippen molar-refractivity contribution >= 4 is 5.91 Å². The van der Waals surface area contributed by atoms with Gasteiger partial charge >= 0.3 is 0 Å². The summed E-state index contributed by atoms with van der Waals surface area (Å²) >= 11 is 0. The van der Waals surface area contributed by atoms with Gasteiger partial charge in [-0.2, -0.15) is 0 Å². The molecule has 0 saturated heterocycles. The molecule has 0 aliphatic carbocycles. The molecule has 1 amide bonds. The lowest BCUT2D eigenvalue weighted by atomic mass is 10.1. The summed E-state index contributed by atoms with van der Waals surface area (Å²) < 4.78 is 26.8. The van der Waals surface area contributed by atoms with Gasteiger partial charge in [-0.05, 0) is 23.8 Å². The molecule has 0 bridgehead atoms. The van der Waals surface area contributed by atoms with Crippen LogP contribution in [0.1, 0.15) is 5.56 Å². The number of carbonyl (C=O) groups excluding carboxylic acids is 1. The molecule has 0 atom stereocenters. The molecule has 1 aromatic heterocycles. The average molecular weight is 369 g/mol. The molecular formula is C20H20FN3O3. The van der Waals surface area contributed by atoms with Crippen LogP contribution in [0, 0.1) is 5.82 Å². The molecule has 0 spiro atoms. The van der Waals surface area contributed by atoms with Crippen molar-refractivity contribution in [2.45, 2.75) is 6.42 Å². The Balaban J connectivity index is 2.05. The van der Waals surface area contributed by atoms with Crippen molar-refractivity contribution in [1.29, 1.82) is 0 Å². The van der Waals surface area contributed by atoms with Crippen LogP contribution in [0.15, 0.2) is 48.8 Å². The number of likely N-dealkylation sites (N-methyl/N-ethyl adjacent to an activating group) is 1. The third-order valence-electron chi connectivity index (χ3n) is 4.19. The van der Waals surface area contributed by atoms with Gasteiger partial charge in [-0.25, -0.2) is 9.37 Å². The van der Waals surface area contributed by atoms with Gasteiger partial charge in [0, 0.05) is 31.2 Å². The number of rotatable bonds is 6. The Bertz CT molecular complexity index is 969. The molecule has 7 heteroatoms. The van der Waals surface area contributed by atoms with Gasteiger partial charge in [0.15, 0.2) is 11.5 Å². The Kier molecular flexibility index (Phi) is 5.40. The van der Waals surface area contributed by atoms with Crippen LogP contribution < -0.4 is 14.8 Å². The summed E-state index contributed by atoms with van der Waals surface area (Å²) in [5, 5.41) is 2.60. The molecule has 6 nitrogen and oxygen atoms in total. The van der Waals surface area contributed by atoms with E-state index >= 15 is 0 Å². The first-order valence-electron chi connectivity index (χ1n) is 8.32. The number of hydrogen-bond donors (Lipinski definition) is 1. The van der Waals surface area contributed by atoms with Crippen molar-refractivity contribution in [3.8, 4) is 28.6 Å². The number of ether oxygens (including phenoxy) is 2. The van der Waals surface area contributed by atoms with E-state index in [2.05, 4.69) is 10.3 Å².